The summed E-state index contributed by atoms with van der Waals surface area (Å²) in [5.41, 5.74) is 23.0. The zero-order valence-electron chi connectivity index (χ0n) is 56.0. The number of rotatable bonds is 13. The number of anilines is 6. The van der Waals surface area contributed by atoms with Gasteiger partial charge in [-0.15, -0.1) is 0 Å². The average molecular weight is 1300 g/mol. The van der Waals surface area contributed by atoms with Gasteiger partial charge in [0.2, 0.25) is 0 Å². The minimum atomic E-state index is 1.07. The lowest BCUT2D eigenvalue weighted by Gasteiger charge is -2.32. The zero-order valence-corrected chi connectivity index (χ0v) is 56.0. The van der Waals surface area contributed by atoms with Crippen molar-refractivity contribution in [1.82, 2.24) is 0 Å². The maximum absolute atomic E-state index is 2.53. The first-order chi connectivity index (χ1) is 50.6. The van der Waals surface area contributed by atoms with E-state index >= 15 is 0 Å². The van der Waals surface area contributed by atoms with Crippen LogP contribution in [0.15, 0.2) is 400 Å². The van der Waals surface area contributed by atoms with Gasteiger partial charge in [-0.2, -0.15) is 0 Å². The number of nitrogens with zero attached hydrogens (tertiary/aromatic N) is 2. The van der Waals surface area contributed by atoms with Crippen molar-refractivity contribution in [2.75, 3.05) is 9.80 Å². The molecule has 0 heterocycles. The molecule has 0 saturated carbocycles. The standard InChI is InChI=1S/C100H66N2/c1-3-24-67(25-4-1)69-52-59-78(60-53-69)101(79-63-56-75(57-64-79)82-44-21-30-72-28-7-9-33-81(72)82)99-94-42-17-13-38-88(94)86-36-11-15-40-92(86)97(99)91-46-23-32-77-66-76(58-65-84(77)91)71-50-48-68(49-51-71)70-54-61-80(62-55-70)102(96-47-20-19-35-85(96)74-26-5-2-6-27-74)100-95-43-18-14-39-89(95)87-37-12-16-41-93(87)98(100)90-45-22-31-73-29-8-10-34-83(73)90/h1-66H. The third-order valence-electron chi connectivity index (χ3n) is 20.8. The first-order valence-corrected chi connectivity index (χ1v) is 35.2. The number of fused-ring (bicyclic) bond motifs is 9. The quantitative estimate of drug-likeness (QED) is 0.106. The molecule has 0 spiro atoms. The fourth-order valence-corrected chi connectivity index (χ4v) is 16.1. The van der Waals surface area contributed by atoms with E-state index in [1.807, 2.05) is 0 Å². The van der Waals surface area contributed by atoms with E-state index < -0.39 is 0 Å². The Kier molecular flexibility index (Phi) is 14.9. The fourth-order valence-electron chi connectivity index (χ4n) is 16.1. The molecular weight excluding hydrogens is 1230 g/mol. The summed E-state index contributed by atoms with van der Waals surface area (Å²) >= 11 is 0. The topological polar surface area (TPSA) is 6.48 Å². The fraction of sp³-hybridized carbons (Fsp3) is 0. The summed E-state index contributed by atoms with van der Waals surface area (Å²) in [5.74, 6) is 0. The van der Waals surface area contributed by atoms with E-state index in [0.29, 0.717) is 0 Å². The second-order valence-corrected chi connectivity index (χ2v) is 26.6. The summed E-state index contributed by atoms with van der Waals surface area (Å²) in [6, 6.07) is 148. The second-order valence-electron chi connectivity index (χ2n) is 26.6. The van der Waals surface area contributed by atoms with Gasteiger partial charge in [-0.1, -0.05) is 352 Å². The van der Waals surface area contributed by atoms with E-state index in [9.17, 15) is 0 Å². The van der Waals surface area contributed by atoms with Crippen LogP contribution >= 0.6 is 0 Å². The molecule has 19 aromatic carbocycles. The van der Waals surface area contributed by atoms with E-state index in [4.69, 9.17) is 0 Å². The van der Waals surface area contributed by atoms with Crippen molar-refractivity contribution in [3.63, 3.8) is 0 Å². The first-order valence-electron chi connectivity index (χ1n) is 35.2. The largest absolute Gasteiger partial charge is 0.309 e. The van der Waals surface area contributed by atoms with Crippen molar-refractivity contribution in [1.29, 1.82) is 0 Å². The van der Waals surface area contributed by atoms with Crippen molar-refractivity contribution in [2.24, 2.45) is 0 Å². The van der Waals surface area contributed by atoms with E-state index in [2.05, 4.69) is 410 Å². The van der Waals surface area contributed by atoms with Crippen LogP contribution in [0.5, 0.6) is 0 Å². The van der Waals surface area contributed by atoms with Gasteiger partial charge in [0.15, 0.2) is 0 Å². The Hall–Kier alpha value is -13.4. The molecule has 102 heavy (non-hydrogen) atoms. The molecule has 19 aromatic rings. The molecule has 2 heteroatoms. The van der Waals surface area contributed by atoms with Gasteiger partial charge < -0.3 is 9.80 Å². The van der Waals surface area contributed by atoms with Gasteiger partial charge in [0.05, 0.1) is 17.1 Å². The van der Waals surface area contributed by atoms with Crippen molar-refractivity contribution >= 4 is 110 Å². The minimum absolute atomic E-state index is 1.07. The van der Waals surface area contributed by atoms with Crippen molar-refractivity contribution < 1.29 is 0 Å². The molecule has 0 amide bonds. The van der Waals surface area contributed by atoms with Crippen LogP contribution in [0.4, 0.5) is 34.1 Å². The summed E-state index contributed by atoms with van der Waals surface area (Å²) in [7, 11) is 0. The summed E-state index contributed by atoms with van der Waals surface area (Å²) in [4.78, 5) is 5.03. The van der Waals surface area contributed by atoms with Gasteiger partial charge >= 0.3 is 0 Å². The molecular formula is C100H66N2. The SMILES string of the molecule is c1ccc(-c2ccc(N(c3ccc(-c4cccc5ccccc45)cc3)c3c(-c4cccc5cc(-c6ccc(-c7ccc(N(c8ccccc8-c8ccccc8)c8c(-c9cccc%10ccccc9%10)c9ccccc9c9ccccc89)cc7)cc6)ccc45)c4ccccc4c4ccccc34)cc2)cc1. The zero-order chi connectivity index (χ0) is 67.5. The number of benzene rings is 19. The molecule has 0 radical (unpaired) electrons. The van der Waals surface area contributed by atoms with Gasteiger partial charge in [0.1, 0.15) is 0 Å². The Bertz CT molecular complexity index is 6390. The third-order valence-corrected chi connectivity index (χ3v) is 20.8. The molecule has 2 nitrogen and oxygen atoms in total. The Morgan fingerprint density at radius 1 is 0.147 bits per heavy atom. The Morgan fingerprint density at radius 3 is 0.961 bits per heavy atom. The predicted molar refractivity (Wildman–Crippen MR) is 436 cm³/mol. The highest BCUT2D eigenvalue weighted by molar-refractivity contribution is 6.26. The first kappa shape index (κ1) is 59.8. The maximum atomic E-state index is 2.53. The molecule has 476 valence electrons. The molecule has 0 bridgehead atoms. The van der Waals surface area contributed by atoms with E-state index in [-0.39, 0.29) is 0 Å². The lowest BCUT2D eigenvalue weighted by molar-refractivity contribution is 1.30. The summed E-state index contributed by atoms with van der Waals surface area (Å²) in [6.45, 7) is 0. The third kappa shape index (κ3) is 10.4. The number of hydrogen-bond donors (Lipinski definition) is 0. The lowest BCUT2D eigenvalue weighted by atomic mass is 9.87. The van der Waals surface area contributed by atoms with E-state index in [1.54, 1.807) is 0 Å². The summed E-state index contributed by atoms with van der Waals surface area (Å²) in [5, 5.41) is 16.9. The Morgan fingerprint density at radius 2 is 0.441 bits per heavy atom. The lowest BCUT2D eigenvalue weighted by Crippen LogP contribution is -2.13. The highest BCUT2D eigenvalue weighted by Crippen LogP contribution is 2.54. The van der Waals surface area contributed by atoms with Crippen LogP contribution in [-0.2, 0) is 0 Å². The molecule has 0 aromatic heterocycles. The van der Waals surface area contributed by atoms with Crippen molar-refractivity contribution in [2.45, 2.75) is 0 Å². The van der Waals surface area contributed by atoms with Crippen LogP contribution in [0.3, 0.4) is 0 Å². The highest BCUT2D eigenvalue weighted by Gasteiger charge is 2.28. The molecule has 0 aliphatic rings. The second kappa shape index (κ2) is 25.5. The Balaban J connectivity index is 0.721. The van der Waals surface area contributed by atoms with Gasteiger partial charge in [-0.25, -0.2) is 0 Å². The van der Waals surface area contributed by atoms with Crippen LogP contribution in [-0.4, -0.2) is 0 Å². The van der Waals surface area contributed by atoms with Gasteiger partial charge in [-0.05, 0) is 174 Å². The van der Waals surface area contributed by atoms with Crippen LogP contribution < -0.4 is 9.80 Å². The molecule has 0 atom stereocenters. The van der Waals surface area contributed by atoms with Gasteiger partial charge in [-0.3, -0.25) is 0 Å². The van der Waals surface area contributed by atoms with Crippen LogP contribution in [0, 0.1) is 0 Å². The number of para-hydroxylation sites is 1. The summed E-state index contributed by atoms with van der Waals surface area (Å²) in [6.07, 6.45) is 0. The van der Waals surface area contributed by atoms with Crippen LogP contribution in [0.2, 0.25) is 0 Å². The van der Waals surface area contributed by atoms with Crippen LogP contribution in [0.1, 0.15) is 0 Å². The van der Waals surface area contributed by atoms with E-state index in [0.717, 1.165) is 67.5 Å². The monoisotopic (exact) mass is 1290 g/mol. The molecule has 19 rings (SSSR count). The number of hydrogen-bond acceptors (Lipinski definition) is 2. The Labute approximate surface area is 593 Å². The predicted octanol–water partition coefficient (Wildman–Crippen LogP) is 28.4. The molecule has 0 N–H and O–H groups in total. The van der Waals surface area contributed by atoms with Crippen LogP contribution in [0.25, 0.3) is 153 Å². The highest BCUT2D eigenvalue weighted by atomic mass is 15.2. The summed E-state index contributed by atoms with van der Waals surface area (Å²) < 4.78 is 0. The minimum Gasteiger partial charge on any atom is -0.309 e. The van der Waals surface area contributed by atoms with Crippen molar-refractivity contribution in [3.05, 3.63) is 400 Å². The molecule has 0 fully saturated rings. The van der Waals surface area contributed by atoms with E-state index in [1.165, 1.54) is 120 Å². The molecule has 0 aliphatic carbocycles. The normalized spacial score (nSPS) is 11.5. The van der Waals surface area contributed by atoms with Gasteiger partial charge in [0.25, 0.3) is 0 Å². The molecule has 0 aliphatic heterocycles. The molecule has 0 saturated heterocycles. The molecule has 0 unspecified atom stereocenters. The van der Waals surface area contributed by atoms with Gasteiger partial charge in [0, 0.05) is 44.5 Å². The maximum Gasteiger partial charge on any atom is 0.0625 e. The smallest absolute Gasteiger partial charge is 0.0625 e. The average Bonchev–Trinajstić information content (AvgIpc) is 0.726. The van der Waals surface area contributed by atoms with Crippen molar-refractivity contribution in [3.8, 4) is 77.9 Å².